The summed E-state index contributed by atoms with van der Waals surface area (Å²) in [5, 5.41) is 16.6. The fourth-order valence-corrected chi connectivity index (χ4v) is 2.48. The molecule has 0 saturated heterocycles. The van der Waals surface area contributed by atoms with Crippen LogP contribution in [0.15, 0.2) is 46.0 Å². The van der Waals surface area contributed by atoms with Crippen LogP contribution in [-0.2, 0) is 12.1 Å². The summed E-state index contributed by atoms with van der Waals surface area (Å²) in [5.74, 6) is 0.962. The molecule has 1 unspecified atom stereocenters. The molecule has 0 bridgehead atoms. The van der Waals surface area contributed by atoms with Gasteiger partial charge in [-0.1, -0.05) is 17.7 Å². The average molecular weight is 509 g/mol. The fraction of sp³-hybridized carbons (Fsp3) is 0.421. The SMILES string of the molecule is CCNC(=NCc1cc(C)ccc1OC(F)F)NCC(C)(O)c1ccco1.I. The Hall–Kier alpha value is -1.88. The highest BCUT2D eigenvalue weighted by atomic mass is 127. The van der Waals surface area contributed by atoms with Crippen LogP contribution < -0.4 is 15.4 Å². The summed E-state index contributed by atoms with van der Waals surface area (Å²) in [7, 11) is 0. The van der Waals surface area contributed by atoms with Gasteiger partial charge < -0.3 is 24.9 Å². The Kier molecular flexibility index (Phi) is 9.66. The van der Waals surface area contributed by atoms with E-state index in [0.29, 0.717) is 23.8 Å². The molecule has 0 saturated carbocycles. The first-order valence-electron chi connectivity index (χ1n) is 8.64. The molecule has 0 aliphatic carbocycles. The summed E-state index contributed by atoms with van der Waals surface area (Å²) in [6.45, 7) is 3.39. The van der Waals surface area contributed by atoms with Gasteiger partial charge in [-0.2, -0.15) is 8.78 Å². The summed E-state index contributed by atoms with van der Waals surface area (Å²) in [6, 6.07) is 8.35. The predicted molar refractivity (Wildman–Crippen MR) is 114 cm³/mol. The average Bonchev–Trinajstić information content (AvgIpc) is 3.14. The number of hydrogen-bond acceptors (Lipinski definition) is 4. The molecule has 0 aliphatic rings. The van der Waals surface area contributed by atoms with Gasteiger partial charge in [0.1, 0.15) is 17.1 Å². The van der Waals surface area contributed by atoms with Gasteiger partial charge in [0, 0.05) is 12.1 Å². The zero-order chi connectivity index (χ0) is 19.9. The van der Waals surface area contributed by atoms with E-state index in [-0.39, 0.29) is 42.8 Å². The zero-order valence-electron chi connectivity index (χ0n) is 16.0. The van der Waals surface area contributed by atoms with E-state index in [4.69, 9.17) is 4.42 Å². The number of furan rings is 1. The van der Waals surface area contributed by atoms with Crippen molar-refractivity contribution in [2.75, 3.05) is 13.1 Å². The van der Waals surface area contributed by atoms with Crippen molar-refractivity contribution in [2.45, 2.75) is 39.5 Å². The number of aliphatic imine (C=N–C) groups is 1. The first-order chi connectivity index (χ1) is 12.8. The van der Waals surface area contributed by atoms with Gasteiger partial charge in [0.25, 0.3) is 0 Å². The number of benzene rings is 1. The number of halogens is 3. The molecule has 1 atom stereocenters. The smallest absolute Gasteiger partial charge is 0.387 e. The molecule has 0 amide bonds. The van der Waals surface area contributed by atoms with Crippen LogP contribution in [0, 0.1) is 6.92 Å². The molecule has 2 rings (SSSR count). The summed E-state index contributed by atoms with van der Waals surface area (Å²) < 4.78 is 35.0. The summed E-state index contributed by atoms with van der Waals surface area (Å²) in [6.07, 6.45) is 1.49. The van der Waals surface area contributed by atoms with E-state index in [1.54, 1.807) is 31.2 Å². The molecule has 6 nitrogen and oxygen atoms in total. The van der Waals surface area contributed by atoms with E-state index in [9.17, 15) is 13.9 Å². The Bertz CT molecular complexity index is 753. The number of hydrogen-bond donors (Lipinski definition) is 3. The lowest BCUT2D eigenvalue weighted by Gasteiger charge is -2.22. The van der Waals surface area contributed by atoms with Crippen molar-refractivity contribution in [3.63, 3.8) is 0 Å². The van der Waals surface area contributed by atoms with Crippen LogP contribution in [0.1, 0.15) is 30.7 Å². The van der Waals surface area contributed by atoms with Gasteiger partial charge in [-0.05, 0) is 39.0 Å². The van der Waals surface area contributed by atoms with Crippen LogP contribution in [0.25, 0.3) is 0 Å². The van der Waals surface area contributed by atoms with Crippen LogP contribution in [0.5, 0.6) is 5.75 Å². The molecule has 1 aromatic carbocycles. The predicted octanol–water partition coefficient (Wildman–Crippen LogP) is 3.77. The molecule has 156 valence electrons. The first-order valence-corrected chi connectivity index (χ1v) is 8.64. The van der Waals surface area contributed by atoms with Crippen LogP contribution in [0.3, 0.4) is 0 Å². The van der Waals surface area contributed by atoms with Crippen LogP contribution in [-0.4, -0.2) is 30.8 Å². The number of nitrogens with one attached hydrogen (secondary N) is 2. The molecule has 1 aromatic heterocycles. The van der Waals surface area contributed by atoms with Gasteiger partial charge >= 0.3 is 6.61 Å². The highest BCUT2D eigenvalue weighted by Crippen LogP contribution is 2.23. The van der Waals surface area contributed by atoms with Gasteiger partial charge in [0.05, 0.1) is 19.4 Å². The van der Waals surface area contributed by atoms with Crippen molar-refractivity contribution in [3.05, 3.63) is 53.5 Å². The second kappa shape index (κ2) is 11.2. The van der Waals surface area contributed by atoms with E-state index in [1.807, 2.05) is 13.8 Å². The third-order valence-electron chi connectivity index (χ3n) is 3.84. The van der Waals surface area contributed by atoms with Crippen molar-refractivity contribution in [1.29, 1.82) is 0 Å². The zero-order valence-corrected chi connectivity index (χ0v) is 18.4. The quantitative estimate of drug-likeness (QED) is 0.287. The number of rotatable bonds is 8. The molecule has 2 aromatic rings. The molecule has 0 aliphatic heterocycles. The summed E-state index contributed by atoms with van der Waals surface area (Å²) in [5.41, 5.74) is 0.235. The third-order valence-corrected chi connectivity index (χ3v) is 3.84. The Morgan fingerprint density at radius 3 is 2.68 bits per heavy atom. The van der Waals surface area contributed by atoms with Gasteiger partial charge in [-0.15, -0.1) is 24.0 Å². The topological polar surface area (TPSA) is 79.0 Å². The number of aliphatic hydroxyl groups is 1. The van der Waals surface area contributed by atoms with Gasteiger partial charge in [0.2, 0.25) is 0 Å². The van der Waals surface area contributed by atoms with Gasteiger partial charge in [0.15, 0.2) is 5.96 Å². The summed E-state index contributed by atoms with van der Waals surface area (Å²) >= 11 is 0. The Balaban J connectivity index is 0.00000392. The molecule has 0 radical (unpaired) electrons. The van der Waals surface area contributed by atoms with Crippen LogP contribution in [0.2, 0.25) is 0 Å². The van der Waals surface area contributed by atoms with E-state index >= 15 is 0 Å². The lowest BCUT2D eigenvalue weighted by Crippen LogP contribution is -2.44. The largest absolute Gasteiger partial charge is 0.466 e. The molecule has 9 heteroatoms. The monoisotopic (exact) mass is 509 g/mol. The molecular formula is C19H26F2IN3O3. The fourth-order valence-electron chi connectivity index (χ4n) is 2.48. The van der Waals surface area contributed by atoms with Crippen molar-refractivity contribution in [3.8, 4) is 5.75 Å². The van der Waals surface area contributed by atoms with Crippen molar-refractivity contribution < 1.29 is 23.0 Å². The standard InChI is InChI=1S/C19H25F2N3O3.HI/c1-4-22-18(24-12-19(3,25)16-6-5-9-26-16)23-11-14-10-13(2)7-8-15(14)27-17(20)21;/h5-10,17,25H,4,11-12H2,1-3H3,(H2,22,23,24);1H. The molecule has 1 heterocycles. The molecule has 3 N–H and O–H groups in total. The van der Waals surface area contributed by atoms with Gasteiger partial charge in [-0.25, -0.2) is 4.99 Å². The minimum atomic E-state index is -2.90. The minimum Gasteiger partial charge on any atom is -0.466 e. The number of nitrogens with zero attached hydrogens (tertiary/aromatic N) is 1. The van der Waals surface area contributed by atoms with Crippen molar-refractivity contribution in [1.82, 2.24) is 10.6 Å². The molecule has 28 heavy (non-hydrogen) atoms. The third kappa shape index (κ3) is 7.27. The molecule has 0 fully saturated rings. The van der Waals surface area contributed by atoms with Crippen LogP contribution >= 0.6 is 24.0 Å². The van der Waals surface area contributed by atoms with Crippen LogP contribution in [0.4, 0.5) is 8.78 Å². The van der Waals surface area contributed by atoms with E-state index in [2.05, 4.69) is 20.4 Å². The number of aryl methyl sites for hydroxylation is 1. The van der Waals surface area contributed by atoms with Crippen molar-refractivity contribution in [2.24, 2.45) is 4.99 Å². The second-order valence-corrected chi connectivity index (χ2v) is 6.29. The van der Waals surface area contributed by atoms with E-state index in [0.717, 1.165) is 5.56 Å². The number of alkyl halides is 2. The maximum atomic E-state index is 12.6. The highest BCUT2D eigenvalue weighted by molar-refractivity contribution is 14.0. The second-order valence-electron chi connectivity index (χ2n) is 6.29. The first kappa shape index (κ1) is 24.2. The minimum absolute atomic E-state index is 0. The van der Waals surface area contributed by atoms with Gasteiger partial charge in [-0.3, -0.25) is 0 Å². The lowest BCUT2D eigenvalue weighted by molar-refractivity contribution is -0.0504. The summed E-state index contributed by atoms with van der Waals surface area (Å²) in [4.78, 5) is 4.40. The van der Waals surface area contributed by atoms with Crippen molar-refractivity contribution >= 4 is 29.9 Å². The maximum Gasteiger partial charge on any atom is 0.387 e. The maximum absolute atomic E-state index is 12.6. The number of ether oxygens (including phenoxy) is 1. The molecule has 0 spiro atoms. The Labute approximate surface area is 180 Å². The highest BCUT2D eigenvalue weighted by Gasteiger charge is 2.26. The lowest BCUT2D eigenvalue weighted by atomic mass is 10.0. The van der Waals surface area contributed by atoms with E-state index in [1.165, 1.54) is 12.3 Å². The Morgan fingerprint density at radius 1 is 1.32 bits per heavy atom. The normalized spacial score (nSPS) is 13.6. The van der Waals surface area contributed by atoms with E-state index < -0.39 is 12.2 Å². The number of guanidine groups is 1. The Morgan fingerprint density at radius 2 is 2.07 bits per heavy atom. The molecular weight excluding hydrogens is 483 g/mol.